The van der Waals surface area contributed by atoms with Crippen molar-refractivity contribution in [3.05, 3.63) is 28.0 Å². The number of anilines is 2. The second-order valence-corrected chi connectivity index (χ2v) is 10.1. The molecular formula is C23H30N4O3S. The van der Waals surface area contributed by atoms with Crippen LogP contribution in [-0.4, -0.2) is 47.5 Å². The number of aromatic carboxylic acids is 1. The predicted octanol–water partition coefficient (Wildman–Crippen LogP) is 4.50. The summed E-state index contributed by atoms with van der Waals surface area (Å²) < 4.78 is 5.99. The second kappa shape index (κ2) is 9.56. The van der Waals surface area contributed by atoms with Crippen LogP contribution < -0.4 is 15.0 Å². The summed E-state index contributed by atoms with van der Waals surface area (Å²) in [5.74, 6) is 6.68. The lowest BCUT2D eigenvalue weighted by molar-refractivity contribution is 0.0703. The molecule has 7 nitrogen and oxygen atoms in total. The van der Waals surface area contributed by atoms with Gasteiger partial charge in [-0.25, -0.2) is 4.79 Å². The summed E-state index contributed by atoms with van der Waals surface area (Å²) in [7, 11) is 3.84. The van der Waals surface area contributed by atoms with Crippen molar-refractivity contribution in [2.45, 2.75) is 58.6 Å². The molecule has 2 N–H and O–H groups in total. The molecule has 2 aromatic rings. The Hall–Kier alpha value is -2.79. The zero-order valence-electron chi connectivity index (χ0n) is 18.7. The number of rotatable bonds is 6. The third kappa shape index (κ3) is 6.59. The maximum atomic E-state index is 11.7. The van der Waals surface area contributed by atoms with Gasteiger partial charge in [0.25, 0.3) is 0 Å². The fourth-order valence-electron chi connectivity index (χ4n) is 3.30. The fraction of sp³-hybridized carbons (Fsp3) is 0.522. The number of thiophene rings is 1. The molecule has 0 saturated heterocycles. The molecule has 0 bridgehead atoms. The summed E-state index contributed by atoms with van der Waals surface area (Å²) in [6.07, 6.45) is 3.63. The van der Waals surface area contributed by atoms with Crippen LogP contribution in [0.5, 0.6) is 5.88 Å². The van der Waals surface area contributed by atoms with Gasteiger partial charge >= 0.3 is 5.97 Å². The molecule has 0 amide bonds. The summed E-state index contributed by atoms with van der Waals surface area (Å²) in [6.45, 7) is 6.11. The van der Waals surface area contributed by atoms with Crippen LogP contribution in [0.2, 0.25) is 0 Å². The van der Waals surface area contributed by atoms with Crippen LogP contribution in [0.3, 0.4) is 0 Å². The molecule has 0 atom stereocenters. The lowest BCUT2D eigenvalue weighted by Crippen LogP contribution is -2.31. The summed E-state index contributed by atoms with van der Waals surface area (Å²) >= 11 is 1.22. The normalized spacial score (nSPS) is 18.6. The van der Waals surface area contributed by atoms with Gasteiger partial charge in [0.1, 0.15) is 11.0 Å². The van der Waals surface area contributed by atoms with E-state index >= 15 is 0 Å². The highest BCUT2D eigenvalue weighted by Gasteiger charge is 2.25. The first-order valence-corrected chi connectivity index (χ1v) is 11.3. The molecule has 8 heteroatoms. The topological polar surface area (TPSA) is 87.6 Å². The zero-order valence-corrected chi connectivity index (χ0v) is 19.5. The molecule has 1 saturated carbocycles. The molecule has 2 heterocycles. The average Bonchev–Trinajstić information content (AvgIpc) is 3.11. The number of ether oxygens (including phenoxy) is 1. The highest BCUT2D eigenvalue weighted by Crippen LogP contribution is 2.31. The predicted molar refractivity (Wildman–Crippen MR) is 124 cm³/mol. The van der Waals surface area contributed by atoms with E-state index in [1.165, 1.54) is 11.3 Å². The Balaban J connectivity index is 1.58. The van der Waals surface area contributed by atoms with Crippen LogP contribution in [0, 0.1) is 17.3 Å². The van der Waals surface area contributed by atoms with Crippen LogP contribution >= 0.6 is 11.3 Å². The van der Waals surface area contributed by atoms with Gasteiger partial charge in [-0.2, -0.15) is 0 Å². The standard InChI is InChI=1S/C23H30N4O3S/c1-23(2,3)13-12-17-14-18(21(31-17)22(28)29)24-15-6-8-16(9-7-15)30-20-11-10-19(25-26-20)27(4)5/h10-11,14-16,24H,6-9H2,1-5H3,(H,28,29). The van der Waals surface area contributed by atoms with Gasteiger partial charge in [-0.05, 0) is 58.6 Å². The second-order valence-electron chi connectivity index (χ2n) is 9.02. The van der Waals surface area contributed by atoms with Crippen molar-refractivity contribution in [3.8, 4) is 17.7 Å². The van der Waals surface area contributed by atoms with Crippen molar-refractivity contribution in [2.24, 2.45) is 5.41 Å². The average molecular weight is 443 g/mol. The molecular weight excluding hydrogens is 412 g/mol. The van der Waals surface area contributed by atoms with E-state index < -0.39 is 5.97 Å². The van der Waals surface area contributed by atoms with Crippen LogP contribution in [0.15, 0.2) is 18.2 Å². The van der Waals surface area contributed by atoms with E-state index in [1.807, 2.05) is 58.0 Å². The molecule has 0 aromatic carbocycles. The van der Waals surface area contributed by atoms with Gasteiger partial charge in [0, 0.05) is 31.6 Å². The fourth-order valence-corrected chi connectivity index (χ4v) is 4.11. The molecule has 1 fully saturated rings. The highest BCUT2D eigenvalue weighted by molar-refractivity contribution is 7.15. The Morgan fingerprint density at radius 3 is 2.48 bits per heavy atom. The Morgan fingerprint density at radius 2 is 1.94 bits per heavy atom. The molecule has 1 aliphatic carbocycles. The Labute approximate surface area is 187 Å². The molecule has 1 aliphatic rings. The third-order valence-corrected chi connectivity index (χ3v) is 5.93. The minimum atomic E-state index is -0.923. The summed E-state index contributed by atoms with van der Waals surface area (Å²) in [5.41, 5.74) is 0.529. The van der Waals surface area contributed by atoms with Crippen molar-refractivity contribution in [1.82, 2.24) is 10.2 Å². The summed E-state index contributed by atoms with van der Waals surface area (Å²) in [5, 5.41) is 21.3. The van der Waals surface area contributed by atoms with Crippen molar-refractivity contribution in [3.63, 3.8) is 0 Å². The van der Waals surface area contributed by atoms with Gasteiger partial charge in [-0.1, -0.05) is 11.8 Å². The van der Waals surface area contributed by atoms with Crippen molar-refractivity contribution >= 4 is 28.8 Å². The Morgan fingerprint density at radius 1 is 1.23 bits per heavy atom. The largest absolute Gasteiger partial charge is 0.477 e. The SMILES string of the molecule is CN(C)c1ccc(OC2CCC(Nc3cc(C#CC(C)(C)C)sc3C(=O)O)CC2)nn1. The van der Waals surface area contributed by atoms with Crippen molar-refractivity contribution in [1.29, 1.82) is 0 Å². The lowest BCUT2D eigenvalue weighted by Gasteiger charge is -2.29. The van der Waals surface area contributed by atoms with E-state index in [0.29, 0.717) is 16.4 Å². The number of hydrogen-bond acceptors (Lipinski definition) is 7. The number of nitrogens with one attached hydrogen (secondary N) is 1. The molecule has 2 aromatic heterocycles. The number of hydrogen-bond donors (Lipinski definition) is 2. The van der Waals surface area contributed by atoms with Gasteiger partial charge in [-0.15, -0.1) is 21.5 Å². The van der Waals surface area contributed by atoms with E-state index in [-0.39, 0.29) is 17.6 Å². The quantitative estimate of drug-likeness (QED) is 0.637. The van der Waals surface area contributed by atoms with Gasteiger partial charge in [0.15, 0.2) is 5.82 Å². The van der Waals surface area contributed by atoms with Crippen LogP contribution in [-0.2, 0) is 0 Å². The summed E-state index contributed by atoms with van der Waals surface area (Å²) in [4.78, 5) is 14.7. The van der Waals surface area contributed by atoms with E-state index in [4.69, 9.17) is 4.74 Å². The first-order valence-electron chi connectivity index (χ1n) is 10.5. The Bertz CT molecular complexity index is 959. The zero-order chi connectivity index (χ0) is 22.6. The number of aromatic nitrogens is 2. The number of carboxylic acids is 1. The smallest absolute Gasteiger partial charge is 0.348 e. The maximum Gasteiger partial charge on any atom is 0.348 e. The van der Waals surface area contributed by atoms with Crippen molar-refractivity contribution in [2.75, 3.05) is 24.3 Å². The van der Waals surface area contributed by atoms with Crippen LogP contribution in [0.4, 0.5) is 11.5 Å². The van der Waals surface area contributed by atoms with E-state index in [0.717, 1.165) is 36.4 Å². The van der Waals surface area contributed by atoms with Crippen LogP contribution in [0.1, 0.15) is 61.0 Å². The first kappa shape index (κ1) is 22.9. The molecule has 166 valence electrons. The molecule has 0 unspecified atom stereocenters. The lowest BCUT2D eigenvalue weighted by atomic mass is 9.92. The molecule has 0 radical (unpaired) electrons. The Kier molecular flexibility index (Phi) is 7.06. The third-order valence-electron chi connectivity index (χ3n) is 4.89. The molecule has 31 heavy (non-hydrogen) atoms. The van der Waals surface area contributed by atoms with E-state index in [1.54, 1.807) is 0 Å². The van der Waals surface area contributed by atoms with Gasteiger partial charge in [0.2, 0.25) is 5.88 Å². The molecule has 0 spiro atoms. The molecule has 0 aliphatic heterocycles. The maximum absolute atomic E-state index is 11.7. The number of carbonyl (C=O) groups is 1. The number of nitrogens with zero attached hydrogens (tertiary/aromatic N) is 3. The van der Waals surface area contributed by atoms with E-state index in [2.05, 4.69) is 27.4 Å². The van der Waals surface area contributed by atoms with E-state index in [9.17, 15) is 9.90 Å². The summed E-state index contributed by atoms with van der Waals surface area (Å²) in [6, 6.07) is 5.80. The molecule has 3 rings (SSSR count). The monoisotopic (exact) mass is 442 g/mol. The van der Waals surface area contributed by atoms with Gasteiger partial charge in [0.05, 0.1) is 10.6 Å². The number of carboxylic acid groups (broad SMARTS) is 1. The minimum Gasteiger partial charge on any atom is -0.477 e. The van der Waals surface area contributed by atoms with Gasteiger partial charge in [-0.3, -0.25) is 0 Å². The first-order chi connectivity index (χ1) is 14.6. The van der Waals surface area contributed by atoms with Crippen LogP contribution in [0.25, 0.3) is 0 Å². The minimum absolute atomic E-state index is 0.0900. The highest BCUT2D eigenvalue weighted by atomic mass is 32.1. The van der Waals surface area contributed by atoms with Crippen molar-refractivity contribution < 1.29 is 14.6 Å². The van der Waals surface area contributed by atoms with Gasteiger partial charge < -0.3 is 20.1 Å².